The molecule has 2 heteroatoms. The van der Waals surface area contributed by atoms with E-state index < -0.39 is 0 Å². The van der Waals surface area contributed by atoms with Gasteiger partial charge in [-0.15, -0.1) is 0 Å². The average Bonchev–Trinajstić information content (AvgIpc) is 2.71. The van der Waals surface area contributed by atoms with Crippen LogP contribution in [-0.2, 0) is 0 Å². The van der Waals surface area contributed by atoms with E-state index in [4.69, 9.17) is 11.6 Å². The van der Waals surface area contributed by atoms with Gasteiger partial charge in [0.05, 0.1) is 0 Å². The monoisotopic (exact) mass is 159 g/mol. The Labute approximate surface area is 67.5 Å². The lowest BCUT2D eigenvalue weighted by molar-refractivity contribution is 0.644. The van der Waals surface area contributed by atoms with Crippen LogP contribution in [-0.4, -0.2) is 13.1 Å². The summed E-state index contributed by atoms with van der Waals surface area (Å²) in [5.41, 5.74) is 1.56. The maximum atomic E-state index is 5.33. The first-order chi connectivity index (χ1) is 4.93. The van der Waals surface area contributed by atoms with Crippen LogP contribution >= 0.6 is 11.6 Å². The molecule has 10 heavy (non-hydrogen) atoms. The molecule has 0 spiro atoms. The Kier molecular flexibility index (Phi) is 3.84. The van der Waals surface area contributed by atoms with Crippen molar-refractivity contribution < 1.29 is 0 Å². The molecule has 0 saturated heterocycles. The molecule has 1 aliphatic rings. The summed E-state index contributed by atoms with van der Waals surface area (Å²) in [5.74, 6) is 1.03. The van der Waals surface area contributed by atoms with Crippen molar-refractivity contribution >= 4 is 11.6 Å². The van der Waals surface area contributed by atoms with E-state index in [9.17, 15) is 0 Å². The third-order valence-corrected chi connectivity index (χ3v) is 1.96. The molecule has 0 aliphatic heterocycles. The van der Waals surface area contributed by atoms with Gasteiger partial charge >= 0.3 is 0 Å². The number of hydrogen-bond donors (Lipinski definition) is 1. The van der Waals surface area contributed by atoms with E-state index in [0.717, 1.165) is 19.0 Å². The van der Waals surface area contributed by atoms with Crippen LogP contribution in [0, 0.1) is 5.92 Å². The van der Waals surface area contributed by atoms with Gasteiger partial charge in [0.1, 0.15) is 0 Å². The van der Waals surface area contributed by atoms with Gasteiger partial charge in [0.2, 0.25) is 0 Å². The van der Waals surface area contributed by atoms with E-state index in [0.29, 0.717) is 0 Å². The largest absolute Gasteiger partial charge is 0.313 e. The quantitative estimate of drug-likeness (QED) is 0.607. The summed E-state index contributed by atoms with van der Waals surface area (Å²) in [6.07, 6.45) is 6.17. The van der Waals surface area contributed by atoms with Crippen LogP contribution in [0.15, 0.2) is 11.6 Å². The first-order valence-electron chi connectivity index (χ1n) is 3.89. The lowest BCUT2D eigenvalue weighted by Crippen LogP contribution is -2.15. The summed E-state index contributed by atoms with van der Waals surface area (Å²) >= 11 is 5.33. The summed E-state index contributed by atoms with van der Waals surface area (Å²) in [5, 5.41) is 3.29. The molecule has 58 valence electrons. The number of halogens is 1. The summed E-state index contributed by atoms with van der Waals surface area (Å²) in [7, 11) is 0. The van der Waals surface area contributed by atoms with E-state index in [1.54, 1.807) is 5.54 Å². The second-order valence-corrected chi connectivity index (χ2v) is 3.05. The molecule has 1 aliphatic carbocycles. The lowest BCUT2D eigenvalue weighted by atomic mass is 10.3. The highest BCUT2D eigenvalue weighted by Crippen LogP contribution is 2.31. The molecule has 0 radical (unpaired) electrons. The molecular weight excluding hydrogens is 146 g/mol. The van der Waals surface area contributed by atoms with Crippen LogP contribution in [0.3, 0.4) is 0 Å². The molecule has 0 heterocycles. The van der Waals surface area contributed by atoms with Gasteiger partial charge in [0.25, 0.3) is 0 Å². The highest BCUT2D eigenvalue weighted by Gasteiger charge is 2.19. The number of hydrogen-bond acceptors (Lipinski definition) is 1. The normalized spacial score (nSPS) is 18.5. The Morgan fingerprint density at radius 3 is 2.90 bits per heavy atom. The fourth-order valence-corrected chi connectivity index (χ4v) is 1.03. The molecule has 1 N–H and O–H groups in total. The van der Waals surface area contributed by atoms with Crippen LogP contribution in [0.5, 0.6) is 0 Å². The van der Waals surface area contributed by atoms with Gasteiger partial charge in [-0.3, -0.25) is 0 Å². The van der Waals surface area contributed by atoms with Gasteiger partial charge in [0.15, 0.2) is 0 Å². The third kappa shape index (κ3) is 3.91. The van der Waals surface area contributed by atoms with Crippen LogP contribution in [0.25, 0.3) is 0 Å². The van der Waals surface area contributed by atoms with E-state index >= 15 is 0 Å². The van der Waals surface area contributed by atoms with E-state index in [-0.39, 0.29) is 0 Å². The van der Waals surface area contributed by atoms with Crippen molar-refractivity contribution in [2.24, 2.45) is 5.92 Å². The van der Waals surface area contributed by atoms with E-state index in [1.807, 2.05) is 6.08 Å². The molecule has 0 atom stereocenters. The van der Waals surface area contributed by atoms with Gasteiger partial charge < -0.3 is 5.32 Å². The molecule has 0 aromatic heterocycles. The smallest absolute Gasteiger partial charge is 0.0146 e. The zero-order valence-electron chi connectivity index (χ0n) is 6.15. The van der Waals surface area contributed by atoms with Crippen molar-refractivity contribution in [3.05, 3.63) is 11.6 Å². The summed E-state index contributed by atoms with van der Waals surface area (Å²) in [6, 6.07) is 0. The molecule has 1 saturated carbocycles. The number of nitrogens with one attached hydrogen (secondary N) is 1. The zero-order valence-corrected chi connectivity index (χ0v) is 6.90. The maximum absolute atomic E-state index is 5.33. The first-order valence-corrected chi connectivity index (χ1v) is 4.33. The predicted molar refractivity (Wildman–Crippen MR) is 45.2 cm³/mol. The number of rotatable bonds is 5. The van der Waals surface area contributed by atoms with Gasteiger partial charge in [-0.2, -0.15) is 0 Å². The fraction of sp³-hybridized carbons (Fsp3) is 0.750. The van der Waals surface area contributed by atoms with E-state index in [2.05, 4.69) is 5.32 Å². The zero-order chi connectivity index (χ0) is 7.23. The topological polar surface area (TPSA) is 12.0 Å². The summed E-state index contributed by atoms with van der Waals surface area (Å²) in [6.45, 7) is 2.06. The Bertz CT molecular complexity index is 108. The Morgan fingerprint density at radius 2 is 2.30 bits per heavy atom. The van der Waals surface area contributed by atoms with Crippen LogP contribution in [0.2, 0.25) is 0 Å². The van der Waals surface area contributed by atoms with Crippen molar-refractivity contribution in [3.63, 3.8) is 0 Å². The summed E-state index contributed by atoms with van der Waals surface area (Å²) in [4.78, 5) is 0. The Morgan fingerprint density at radius 1 is 1.50 bits per heavy atom. The molecule has 0 unspecified atom stereocenters. The minimum absolute atomic E-state index is 0.913. The Balaban J connectivity index is 1.76. The SMILES string of the molecule is Cl/C=C/CNCCC1CC1. The molecule has 0 amide bonds. The summed E-state index contributed by atoms with van der Waals surface area (Å²) < 4.78 is 0. The first kappa shape index (κ1) is 8.09. The predicted octanol–water partition coefficient (Wildman–Crippen LogP) is 2.13. The highest BCUT2D eigenvalue weighted by molar-refractivity contribution is 6.25. The minimum Gasteiger partial charge on any atom is -0.313 e. The highest BCUT2D eigenvalue weighted by atomic mass is 35.5. The average molecular weight is 160 g/mol. The second kappa shape index (κ2) is 4.75. The lowest BCUT2D eigenvalue weighted by Gasteiger charge is -1.97. The third-order valence-electron chi connectivity index (χ3n) is 1.78. The van der Waals surface area contributed by atoms with Gasteiger partial charge in [-0.25, -0.2) is 0 Å². The molecule has 1 nitrogen and oxygen atoms in total. The van der Waals surface area contributed by atoms with Crippen LogP contribution in [0.4, 0.5) is 0 Å². The standard InChI is InChI=1S/C8H14ClN/c9-5-1-6-10-7-4-8-2-3-8/h1,5,8,10H,2-4,6-7H2/b5-1+. The van der Waals surface area contributed by atoms with Gasteiger partial charge in [-0.05, 0) is 18.9 Å². The second-order valence-electron chi connectivity index (χ2n) is 2.80. The van der Waals surface area contributed by atoms with Crippen molar-refractivity contribution in [2.75, 3.05) is 13.1 Å². The molecular formula is C8H14ClN. The molecule has 1 fully saturated rings. The van der Waals surface area contributed by atoms with Crippen molar-refractivity contribution in [2.45, 2.75) is 19.3 Å². The van der Waals surface area contributed by atoms with Gasteiger partial charge in [-0.1, -0.05) is 30.5 Å². The molecule has 0 aromatic rings. The maximum Gasteiger partial charge on any atom is 0.0146 e. The van der Waals surface area contributed by atoms with Crippen LogP contribution in [0.1, 0.15) is 19.3 Å². The minimum atomic E-state index is 0.913. The van der Waals surface area contributed by atoms with Crippen LogP contribution < -0.4 is 5.32 Å². The fourth-order valence-electron chi connectivity index (χ4n) is 0.943. The molecule has 0 aromatic carbocycles. The van der Waals surface area contributed by atoms with E-state index in [1.165, 1.54) is 19.3 Å². The molecule has 0 bridgehead atoms. The Hall–Kier alpha value is -0.0100. The van der Waals surface area contributed by atoms with Crippen molar-refractivity contribution in [1.82, 2.24) is 5.32 Å². The van der Waals surface area contributed by atoms with Crippen molar-refractivity contribution in [1.29, 1.82) is 0 Å². The van der Waals surface area contributed by atoms with Crippen molar-refractivity contribution in [3.8, 4) is 0 Å². The molecule has 1 rings (SSSR count). The van der Waals surface area contributed by atoms with Gasteiger partial charge in [0, 0.05) is 12.1 Å².